The molecule has 2 aromatic carbocycles. The van der Waals surface area contributed by atoms with Crippen LogP contribution in [0.1, 0.15) is 116 Å². The van der Waals surface area contributed by atoms with Crippen molar-refractivity contribution >= 4 is 29.8 Å². The Bertz CT molecular complexity index is 1800. The van der Waals surface area contributed by atoms with Gasteiger partial charge in [-0.15, -0.1) is 0 Å². The lowest BCUT2D eigenvalue weighted by Crippen LogP contribution is -2.44. The van der Waals surface area contributed by atoms with Gasteiger partial charge in [0.15, 0.2) is 0 Å². The van der Waals surface area contributed by atoms with Crippen LogP contribution in [0.5, 0.6) is 11.5 Å². The maximum Gasteiger partial charge on any atom is 0.333 e. The fraction of sp³-hybridized carbons (Fsp3) is 0.627. The van der Waals surface area contributed by atoms with E-state index in [1.165, 1.54) is 84.0 Å². The second-order valence-electron chi connectivity index (χ2n) is 18.2. The number of methoxy groups -OCH3 is 2. The Balaban J connectivity index is 1.23. The molecule has 1 heterocycles. The number of epoxide rings is 1. The lowest BCUT2D eigenvalue weighted by molar-refractivity contribution is -0.165. The van der Waals surface area contributed by atoms with Crippen LogP contribution in [-0.4, -0.2) is 89.8 Å². The van der Waals surface area contributed by atoms with Crippen molar-refractivity contribution in [2.45, 2.75) is 123 Å². The molecule has 64 heavy (non-hydrogen) atoms. The van der Waals surface area contributed by atoms with Gasteiger partial charge >= 0.3 is 29.8 Å². The minimum atomic E-state index is -1.49. The molecule has 5 rings (SSSR count). The molecule has 0 amide bonds. The summed E-state index contributed by atoms with van der Waals surface area (Å²) < 4.78 is 43.9. The molecular weight excluding hydrogens is 821 g/mol. The molecule has 1 saturated heterocycles. The van der Waals surface area contributed by atoms with Crippen molar-refractivity contribution in [1.82, 2.24) is 0 Å². The summed E-state index contributed by atoms with van der Waals surface area (Å²) in [6.45, 7) is 7.12. The Kier molecular flexibility index (Phi) is 20.0. The van der Waals surface area contributed by atoms with Crippen LogP contribution in [0.15, 0.2) is 54.6 Å². The molecule has 0 radical (unpaired) electrons. The third kappa shape index (κ3) is 16.6. The normalized spacial score (nSPS) is 20.6. The van der Waals surface area contributed by atoms with Crippen LogP contribution in [0, 0.1) is 29.1 Å². The first-order valence-electron chi connectivity index (χ1n) is 23.3. The van der Waals surface area contributed by atoms with Crippen LogP contribution in [0.4, 0.5) is 0 Å². The van der Waals surface area contributed by atoms with Crippen molar-refractivity contribution in [3.8, 4) is 22.6 Å². The van der Waals surface area contributed by atoms with E-state index in [1.807, 2.05) is 24.3 Å². The van der Waals surface area contributed by atoms with Gasteiger partial charge in [0.2, 0.25) is 0 Å². The first kappa shape index (κ1) is 50.1. The molecule has 0 bridgehead atoms. The summed E-state index contributed by atoms with van der Waals surface area (Å²) in [6.07, 6.45) is 16.5. The van der Waals surface area contributed by atoms with Gasteiger partial charge in [0.05, 0.1) is 33.5 Å². The Morgan fingerprint density at radius 2 is 1.23 bits per heavy atom. The van der Waals surface area contributed by atoms with Crippen molar-refractivity contribution in [2.24, 2.45) is 29.1 Å². The van der Waals surface area contributed by atoms with Crippen molar-refractivity contribution < 1.29 is 61.9 Å². The zero-order valence-electron chi connectivity index (χ0n) is 38.5. The quantitative estimate of drug-likeness (QED) is 0.0220. The van der Waals surface area contributed by atoms with E-state index in [-0.39, 0.29) is 18.3 Å². The Labute approximate surface area is 379 Å². The lowest BCUT2D eigenvalue weighted by Gasteiger charge is -2.38. The second-order valence-corrected chi connectivity index (χ2v) is 18.2. The van der Waals surface area contributed by atoms with Gasteiger partial charge in [-0.3, -0.25) is 19.2 Å². The van der Waals surface area contributed by atoms with E-state index in [0.717, 1.165) is 67.4 Å². The monoisotopic (exact) mass is 890 g/mol. The first-order valence-corrected chi connectivity index (χ1v) is 23.3. The van der Waals surface area contributed by atoms with Gasteiger partial charge in [0, 0.05) is 5.57 Å². The largest absolute Gasteiger partial charge is 0.493 e. The van der Waals surface area contributed by atoms with E-state index in [9.17, 15) is 24.0 Å². The molecule has 1 unspecified atom stereocenters. The average Bonchev–Trinajstić information content (AvgIpc) is 4.15. The summed E-state index contributed by atoms with van der Waals surface area (Å²) in [5.41, 5.74) is 1.47. The van der Waals surface area contributed by atoms with Crippen LogP contribution < -0.4 is 9.47 Å². The predicted molar refractivity (Wildman–Crippen MR) is 239 cm³/mol. The zero-order valence-corrected chi connectivity index (χ0v) is 38.5. The molecule has 2 aliphatic carbocycles. The van der Waals surface area contributed by atoms with Gasteiger partial charge in [0.25, 0.3) is 0 Å². The lowest BCUT2D eigenvalue weighted by atomic mass is 9.69. The van der Waals surface area contributed by atoms with Gasteiger partial charge in [-0.25, -0.2) is 4.79 Å². The first-order chi connectivity index (χ1) is 30.9. The molecule has 2 aromatic rings. The van der Waals surface area contributed by atoms with E-state index in [1.54, 1.807) is 0 Å². The van der Waals surface area contributed by atoms with Gasteiger partial charge < -0.3 is 37.9 Å². The molecule has 352 valence electrons. The third-order valence-corrected chi connectivity index (χ3v) is 13.0. The van der Waals surface area contributed by atoms with E-state index in [0.29, 0.717) is 24.7 Å². The van der Waals surface area contributed by atoms with Crippen molar-refractivity contribution in [2.75, 3.05) is 53.9 Å². The van der Waals surface area contributed by atoms with Crippen LogP contribution in [0.3, 0.4) is 0 Å². The van der Waals surface area contributed by atoms with Crippen LogP contribution in [0.25, 0.3) is 11.1 Å². The minimum absolute atomic E-state index is 0.109. The maximum atomic E-state index is 12.6. The van der Waals surface area contributed by atoms with Gasteiger partial charge in [0.1, 0.15) is 56.2 Å². The zero-order chi connectivity index (χ0) is 45.9. The highest BCUT2D eigenvalue weighted by Gasteiger charge is 2.38. The number of esters is 5. The fourth-order valence-corrected chi connectivity index (χ4v) is 8.83. The van der Waals surface area contributed by atoms with Gasteiger partial charge in [-0.1, -0.05) is 70.2 Å². The van der Waals surface area contributed by atoms with Gasteiger partial charge in [-0.2, -0.15) is 0 Å². The number of benzene rings is 2. The minimum Gasteiger partial charge on any atom is -0.493 e. The number of aryl methyl sites for hydroxylation is 1. The standard InChI is InChI=1S/C51H70O13/c1-6-7-8-9-36-10-14-38(15-11-36)39-16-12-37(13-17-39)29-59-43-22-18-40(19-23-43)41-21-25-45(42(26-41)20-24-44-30-60-44)61-31-51(34-64-50(56)35(2)3,32-62-48(54)27-46(52)57-4)33-63-49(55)28-47(53)58-5/h18-19,21-23,25-26,36-39,44H,2,6-17,20,24,27-34H2,1,3-5H3. The summed E-state index contributed by atoms with van der Waals surface area (Å²) in [7, 11) is 2.28. The Hall–Kier alpha value is -4.91. The molecule has 3 fully saturated rings. The number of unbranched alkanes of at least 4 members (excludes halogenated alkanes) is 2. The average molecular weight is 891 g/mol. The Morgan fingerprint density at radius 1 is 0.672 bits per heavy atom. The SMILES string of the molecule is C=C(C)C(=O)OCC(COC(=O)CC(=O)OC)(COC(=O)CC(=O)OC)COc1ccc(-c2ccc(OCC3CCC(C4CCC(CCCCC)CC4)CC3)cc2)cc1CCC1CO1. The number of hydrogen-bond donors (Lipinski definition) is 0. The third-order valence-electron chi connectivity index (χ3n) is 13.0. The molecule has 1 atom stereocenters. The molecule has 13 heteroatoms. The van der Waals surface area contributed by atoms with Gasteiger partial charge in [-0.05, 0) is 123 Å². The van der Waals surface area contributed by atoms with E-state index < -0.39 is 67.9 Å². The summed E-state index contributed by atoms with van der Waals surface area (Å²) in [4.78, 5) is 61.5. The maximum absolute atomic E-state index is 12.6. The highest BCUT2D eigenvalue weighted by Crippen LogP contribution is 2.42. The molecule has 0 N–H and O–H groups in total. The number of carbonyl (C=O) groups is 5. The van der Waals surface area contributed by atoms with Crippen LogP contribution in [-0.2, 0) is 58.8 Å². The van der Waals surface area contributed by atoms with E-state index >= 15 is 0 Å². The highest BCUT2D eigenvalue weighted by atomic mass is 16.6. The molecular formula is C51H70O13. The summed E-state index contributed by atoms with van der Waals surface area (Å²) in [5.74, 6) is 0.495. The second kappa shape index (κ2) is 25.5. The van der Waals surface area contributed by atoms with E-state index in [2.05, 4.69) is 41.2 Å². The van der Waals surface area contributed by atoms with Crippen LogP contribution in [0.2, 0.25) is 0 Å². The topological polar surface area (TPSA) is 162 Å². The number of hydrogen-bond acceptors (Lipinski definition) is 13. The fourth-order valence-electron chi connectivity index (χ4n) is 8.83. The molecule has 1 aliphatic heterocycles. The Morgan fingerprint density at radius 3 is 1.78 bits per heavy atom. The predicted octanol–water partition coefficient (Wildman–Crippen LogP) is 8.95. The number of ether oxygens (including phenoxy) is 8. The molecule has 0 spiro atoms. The molecule has 0 aromatic heterocycles. The summed E-state index contributed by atoms with van der Waals surface area (Å²) in [6, 6.07) is 14.0. The summed E-state index contributed by atoms with van der Waals surface area (Å²) in [5, 5.41) is 0. The molecule has 3 aliphatic rings. The molecule has 13 nitrogen and oxygen atoms in total. The van der Waals surface area contributed by atoms with Crippen molar-refractivity contribution in [3.63, 3.8) is 0 Å². The van der Waals surface area contributed by atoms with Crippen LogP contribution >= 0.6 is 0 Å². The molecule has 2 saturated carbocycles. The number of carbonyl (C=O) groups excluding carboxylic acids is 5. The highest BCUT2D eigenvalue weighted by molar-refractivity contribution is 5.91. The van der Waals surface area contributed by atoms with E-state index in [4.69, 9.17) is 28.4 Å². The van der Waals surface area contributed by atoms with Crippen molar-refractivity contribution in [3.05, 3.63) is 60.2 Å². The smallest absolute Gasteiger partial charge is 0.333 e. The van der Waals surface area contributed by atoms with Crippen molar-refractivity contribution in [1.29, 1.82) is 0 Å². The summed E-state index contributed by atoms with van der Waals surface area (Å²) >= 11 is 0. The number of rotatable bonds is 26.